The molecular weight excluding hydrogens is 274 g/mol. The number of carbonyl (C=O) groups excluding carboxylic acids is 2. The van der Waals surface area contributed by atoms with E-state index >= 15 is 0 Å². The molecule has 1 aliphatic heterocycles. The summed E-state index contributed by atoms with van der Waals surface area (Å²) >= 11 is 0. The van der Waals surface area contributed by atoms with E-state index in [1.165, 1.54) is 20.3 Å². The van der Waals surface area contributed by atoms with Crippen LogP contribution in [0.2, 0.25) is 0 Å². The first-order chi connectivity index (χ1) is 10.1. The normalized spacial score (nSPS) is 17.3. The zero-order valence-corrected chi connectivity index (χ0v) is 12.1. The van der Waals surface area contributed by atoms with Crippen LogP contribution in [-0.2, 0) is 4.79 Å². The van der Waals surface area contributed by atoms with Gasteiger partial charge in [-0.1, -0.05) is 0 Å². The number of ether oxygens (including phenoxy) is 2. The number of amides is 2. The maximum Gasteiger partial charge on any atom is 0.250 e. The number of benzene rings is 1. The molecule has 1 heterocycles. The van der Waals surface area contributed by atoms with E-state index in [1.54, 1.807) is 6.07 Å². The number of carbonyl (C=O) groups is 2. The third-order valence-electron chi connectivity index (χ3n) is 3.48. The molecule has 1 aliphatic rings. The predicted molar refractivity (Wildman–Crippen MR) is 77.7 cm³/mol. The summed E-state index contributed by atoms with van der Waals surface area (Å²) in [5, 5.41) is 5.86. The smallest absolute Gasteiger partial charge is 0.250 e. The van der Waals surface area contributed by atoms with E-state index in [-0.39, 0.29) is 17.4 Å². The summed E-state index contributed by atoms with van der Waals surface area (Å²) in [6, 6.07) is 3.00. The fourth-order valence-electron chi connectivity index (χ4n) is 2.30. The van der Waals surface area contributed by atoms with Crippen LogP contribution in [-0.4, -0.2) is 39.1 Å². The van der Waals surface area contributed by atoms with Crippen LogP contribution in [0.25, 0.3) is 0 Å². The van der Waals surface area contributed by atoms with E-state index in [4.69, 9.17) is 15.2 Å². The van der Waals surface area contributed by atoms with Gasteiger partial charge >= 0.3 is 0 Å². The van der Waals surface area contributed by atoms with Crippen molar-refractivity contribution in [2.75, 3.05) is 32.6 Å². The highest BCUT2D eigenvalue weighted by Gasteiger charge is 2.24. The molecule has 0 aromatic heterocycles. The number of nitrogens with two attached hydrogens (primary N) is 1. The van der Waals surface area contributed by atoms with Crippen molar-refractivity contribution in [2.45, 2.75) is 6.42 Å². The first-order valence-corrected chi connectivity index (χ1v) is 6.64. The second-order valence-corrected chi connectivity index (χ2v) is 4.80. The number of methoxy groups -OCH3 is 2. The van der Waals surface area contributed by atoms with Crippen LogP contribution in [0.5, 0.6) is 11.5 Å². The first kappa shape index (κ1) is 15.1. The topological polar surface area (TPSA) is 103 Å². The lowest BCUT2D eigenvalue weighted by molar-refractivity contribution is -0.119. The first-order valence-electron chi connectivity index (χ1n) is 6.64. The van der Waals surface area contributed by atoms with Gasteiger partial charge in [0.15, 0.2) is 11.5 Å². The Labute approximate surface area is 122 Å². The Kier molecular flexibility index (Phi) is 4.64. The summed E-state index contributed by atoms with van der Waals surface area (Å²) in [7, 11) is 2.94. The molecule has 0 aliphatic carbocycles. The quantitative estimate of drug-likeness (QED) is 0.727. The zero-order chi connectivity index (χ0) is 15.4. The van der Waals surface area contributed by atoms with Crippen molar-refractivity contribution >= 4 is 17.5 Å². The standard InChI is InChI=1S/C14H19N3O4/c1-20-11-5-9(13(15)18)10(6-12(11)21-2)17-14(19)8-3-4-16-7-8/h5-6,8,16H,3-4,7H2,1-2H3,(H2,15,18)(H,17,19). The van der Waals surface area contributed by atoms with Crippen molar-refractivity contribution in [3.8, 4) is 11.5 Å². The van der Waals surface area contributed by atoms with Crippen LogP contribution >= 0.6 is 0 Å². The molecule has 7 nitrogen and oxygen atoms in total. The van der Waals surface area contributed by atoms with Gasteiger partial charge in [0.1, 0.15) is 0 Å². The van der Waals surface area contributed by atoms with E-state index in [0.717, 1.165) is 13.0 Å². The molecule has 2 amide bonds. The van der Waals surface area contributed by atoms with Gasteiger partial charge in [-0.05, 0) is 19.0 Å². The summed E-state index contributed by atoms with van der Waals surface area (Å²) in [5.74, 6) is -0.0986. The van der Waals surface area contributed by atoms with Crippen LogP contribution < -0.4 is 25.8 Å². The highest BCUT2D eigenvalue weighted by Crippen LogP contribution is 2.33. The molecule has 1 aromatic rings. The number of rotatable bonds is 5. The average Bonchev–Trinajstić information content (AvgIpc) is 3.00. The second kappa shape index (κ2) is 6.45. The number of hydrogen-bond donors (Lipinski definition) is 3. The average molecular weight is 293 g/mol. The lowest BCUT2D eigenvalue weighted by Gasteiger charge is -2.15. The molecule has 7 heteroatoms. The van der Waals surface area contributed by atoms with Gasteiger partial charge in [0.2, 0.25) is 5.91 Å². The predicted octanol–water partition coefficient (Wildman–Crippen LogP) is 0.351. The summed E-state index contributed by atoms with van der Waals surface area (Å²) in [6.45, 7) is 1.44. The summed E-state index contributed by atoms with van der Waals surface area (Å²) in [4.78, 5) is 23.7. The number of anilines is 1. The number of primary amides is 1. The molecule has 1 saturated heterocycles. The molecule has 1 atom stereocenters. The Morgan fingerprint density at radius 2 is 1.95 bits per heavy atom. The fourth-order valence-corrected chi connectivity index (χ4v) is 2.30. The van der Waals surface area contributed by atoms with Gasteiger partial charge < -0.3 is 25.8 Å². The minimum absolute atomic E-state index is 0.112. The van der Waals surface area contributed by atoms with Crippen molar-refractivity contribution in [3.63, 3.8) is 0 Å². The van der Waals surface area contributed by atoms with E-state index in [2.05, 4.69) is 10.6 Å². The van der Waals surface area contributed by atoms with E-state index in [0.29, 0.717) is 23.7 Å². The largest absolute Gasteiger partial charge is 0.493 e. The highest BCUT2D eigenvalue weighted by atomic mass is 16.5. The van der Waals surface area contributed by atoms with Crippen molar-refractivity contribution in [1.82, 2.24) is 5.32 Å². The summed E-state index contributed by atoms with van der Waals surface area (Å²) < 4.78 is 10.3. The van der Waals surface area contributed by atoms with Crippen LogP contribution in [0.4, 0.5) is 5.69 Å². The Morgan fingerprint density at radius 1 is 1.29 bits per heavy atom. The third-order valence-corrected chi connectivity index (χ3v) is 3.48. The molecule has 4 N–H and O–H groups in total. The fraction of sp³-hybridized carbons (Fsp3) is 0.429. The van der Waals surface area contributed by atoms with Crippen LogP contribution in [0, 0.1) is 5.92 Å². The van der Waals surface area contributed by atoms with Crippen molar-refractivity contribution in [1.29, 1.82) is 0 Å². The molecular formula is C14H19N3O4. The number of nitrogens with one attached hydrogen (secondary N) is 2. The third kappa shape index (κ3) is 3.25. The van der Waals surface area contributed by atoms with E-state index in [9.17, 15) is 9.59 Å². The monoisotopic (exact) mass is 293 g/mol. The van der Waals surface area contributed by atoms with Gasteiger partial charge in [-0.3, -0.25) is 9.59 Å². The SMILES string of the molecule is COc1cc(NC(=O)C2CCNC2)c(C(N)=O)cc1OC. The van der Waals surface area contributed by atoms with Gasteiger partial charge in [0.25, 0.3) is 5.91 Å². The number of hydrogen-bond acceptors (Lipinski definition) is 5. The highest BCUT2D eigenvalue weighted by molar-refractivity contribution is 6.04. The van der Waals surface area contributed by atoms with Crippen LogP contribution in [0.3, 0.4) is 0 Å². The Bertz CT molecular complexity index is 553. The Balaban J connectivity index is 2.31. The molecule has 2 rings (SSSR count). The summed E-state index contributed by atoms with van der Waals surface area (Å²) in [6.07, 6.45) is 0.769. The molecule has 0 spiro atoms. The van der Waals surface area contributed by atoms with Crippen molar-refractivity contribution in [2.24, 2.45) is 11.7 Å². The molecule has 1 unspecified atom stereocenters. The zero-order valence-electron chi connectivity index (χ0n) is 12.1. The molecule has 114 valence electrons. The van der Waals surface area contributed by atoms with Crippen LogP contribution in [0.15, 0.2) is 12.1 Å². The van der Waals surface area contributed by atoms with Gasteiger partial charge in [-0.25, -0.2) is 0 Å². The molecule has 0 saturated carbocycles. The second-order valence-electron chi connectivity index (χ2n) is 4.80. The lowest BCUT2D eigenvalue weighted by atomic mass is 10.1. The Hall–Kier alpha value is -2.28. The van der Waals surface area contributed by atoms with E-state index in [1.807, 2.05) is 0 Å². The van der Waals surface area contributed by atoms with Gasteiger partial charge in [0, 0.05) is 12.6 Å². The van der Waals surface area contributed by atoms with Crippen LogP contribution in [0.1, 0.15) is 16.8 Å². The van der Waals surface area contributed by atoms with E-state index < -0.39 is 5.91 Å². The Morgan fingerprint density at radius 3 is 2.48 bits per heavy atom. The van der Waals surface area contributed by atoms with Crippen molar-refractivity contribution < 1.29 is 19.1 Å². The molecule has 1 fully saturated rings. The minimum atomic E-state index is -0.643. The maximum absolute atomic E-state index is 12.2. The molecule has 0 radical (unpaired) electrons. The minimum Gasteiger partial charge on any atom is -0.493 e. The van der Waals surface area contributed by atoms with Gasteiger partial charge in [0.05, 0.1) is 31.4 Å². The molecule has 1 aromatic carbocycles. The maximum atomic E-state index is 12.2. The summed E-state index contributed by atoms with van der Waals surface area (Å²) in [5.41, 5.74) is 5.88. The van der Waals surface area contributed by atoms with Gasteiger partial charge in [-0.2, -0.15) is 0 Å². The lowest BCUT2D eigenvalue weighted by Crippen LogP contribution is -2.26. The molecule has 0 bridgehead atoms. The molecule has 21 heavy (non-hydrogen) atoms. The van der Waals surface area contributed by atoms with Crippen molar-refractivity contribution in [3.05, 3.63) is 17.7 Å². The van der Waals surface area contributed by atoms with Gasteiger partial charge in [-0.15, -0.1) is 0 Å².